The summed E-state index contributed by atoms with van der Waals surface area (Å²) in [4.78, 5) is 3.85. The molecule has 1 aromatic heterocycles. The molecule has 1 heterocycles. The lowest BCUT2D eigenvalue weighted by Gasteiger charge is -1.95. The van der Waals surface area contributed by atoms with E-state index < -0.39 is 0 Å². The summed E-state index contributed by atoms with van der Waals surface area (Å²) < 4.78 is 5.15. The Morgan fingerprint density at radius 1 is 1.25 bits per heavy atom. The number of hydrogen-bond donors (Lipinski definition) is 0. The maximum Gasteiger partial charge on any atom is 0.181 e. The molecule has 0 amide bonds. The van der Waals surface area contributed by atoms with Gasteiger partial charge in [-0.1, -0.05) is 29.8 Å². The largest absolute Gasteiger partial charge is 0.444 e. The number of rotatable bonds is 1. The third kappa shape index (κ3) is 1.23. The fourth-order valence-corrected chi connectivity index (χ4v) is 1.08. The molecular weight excluding hydrogens is 150 g/mol. The number of hydrogen-bond acceptors (Lipinski definition) is 2. The first-order chi connectivity index (χ1) is 5.86. The van der Waals surface area contributed by atoms with Gasteiger partial charge in [0.05, 0.1) is 6.20 Å². The molecule has 0 fully saturated rings. The van der Waals surface area contributed by atoms with Crippen LogP contribution >= 0.6 is 0 Å². The van der Waals surface area contributed by atoms with Crippen molar-refractivity contribution in [1.29, 1.82) is 0 Å². The molecule has 0 radical (unpaired) electrons. The van der Waals surface area contributed by atoms with Crippen molar-refractivity contribution < 1.29 is 8.70 Å². The average molecular weight is 165 g/mol. The lowest BCUT2D eigenvalue weighted by Crippen LogP contribution is -1.74. The third-order valence-corrected chi connectivity index (χ3v) is 1.77. The van der Waals surface area contributed by atoms with Gasteiger partial charge in [0.2, 0.25) is 0 Å². The van der Waals surface area contributed by atoms with Crippen molar-refractivity contribution in [2.24, 2.45) is 0 Å². The van der Waals surface area contributed by atoms with E-state index in [0.29, 0.717) is 0 Å². The molecule has 0 aliphatic heterocycles. The number of aryl methyl sites for hydroxylation is 1. The van der Waals surface area contributed by atoms with E-state index in [4.69, 9.17) is 4.42 Å². The van der Waals surface area contributed by atoms with Gasteiger partial charge in [0.15, 0.2) is 12.2 Å². The van der Waals surface area contributed by atoms with Gasteiger partial charge >= 0.3 is 0 Å². The van der Waals surface area contributed by atoms with E-state index in [0.717, 1.165) is 11.3 Å². The third-order valence-electron chi connectivity index (χ3n) is 1.77. The fraction of sp³-hybridized carbons (Fsp3) is 0.100. The van der Waals surface area contributed by atoms with Crippen LogP contribution < -0.4 is 0 Å². The summed E-state index contributed by atoms with van der Waals surface area (Å²) in [6.45, 7) is 2.06. The molecule has 0 bridgehead atoms. The van der Waals surface area contributed by atoms with E-state index in [1.807, 2.05) is 12.1 Å². The van der Waals surface area contributed by atoms with E-state index in [1.165, 1.54) is 12.0 Å². The molecule has 0 N–H and O–H groups in total. The molecule has 2 heteroatoms. The molecule has 0 saturated carbocycles. The Morgan fingerprint density at radius 2 is 2.00 bits per heavy atom. The van der Waals surface area contributed by atoms with Crippen LogP contribution in [0, 0.1) is 6.92 Å². The molecular formula is C10H15NO. The fourth-order valence-electron chi connectivity index (χ4n) is 1.08. The number of benzene rings is 1. The van der Waals surface area contributed by atoms with E-state index in [1.54, 1.807) is 6.20 Å². The standard InChI is InChI=1S/C10H9NO.3H2/c1-8-2-4-9(5-3-8)10-6-11-7-12-10;;;/h2-7H,1H3;3*1H. The van der Waals surface area contributed by atoms with Crippen LogP contribution in [0.5, 0.6) is 0 Å². The first-order valence-corrected chi connectivity index (χ1v) is 3.82. The first kappa shape index (κ1) is 7.10. The van der Waals surface area contributed by atoms with Crippen molar-refractivity contribution in [3.8, 4) is 11.3 Å². The van der Waals surface area contributed by atoms with Gasteiger partial charge in [-0.15, -0.1) is 0 Å². The summed E-state index contributed by atoms with van der Waals surface area (Å²) in [6.07, 6.45) is 3.15. The summed E-state index contributed by atoms with van der Waals surface area (Å²) in [5.74, 6) is 0.815. The molecule has 1 aromatic carbocycles. The van der Waals surface area contributed by atoms with E-state index in [-0.39, 0.29) is 4.28 Å². The summed E-state index contributed by atoms with van der Waals surface area (Å²) in [7, 11) is 0. The predicted molar refractivity (Wildman–Crippen MR) is 53.0 cm³/mol. The SMILES string of the molecule is Cc1ccc(-c2cnco2)cc1.[HH].[HH].[HH]. The highest BCUT2D eigenvalue weighted by atomic mass is 16.3. The average Bonchev–Trinajstić information content (AvgIpc) is 2.58. The molecule has 2 aromatic rings. The molecule has 0 saturated heterocycles. The zero-order valence-electron chi connectivity index (χ0n) is 6.82. The Bertz CT molecular complexity index is 359. The Morgan fingerprint density at radius 3 is 2.58 bits per heavy atom. The van der Waals surface area contributed by atoms with Crippen molar-refractivity contribution in [3.63, 3.8) is 0 Å². The summed E-state index contributed by atoms with van der Waals surface area (Å²) in [5.41, 5.74) is 2.32. The van der Waals surface area contributed by atoms with Crippen LogP contribution in [0.1, 0.15) is 9.84 Å². The molecule has 2 nitrogen and oxygen atoms in total. The van der Waals surface area contributed by atoms with Crippen molar-refractivity contribution in [3.05, 3.63) is 42.4 Å². The first-order valence-electron chi connectivity index (χ1n) is 3.82. The van der Waals surface area contributed by atoms with Crippen LogP contribution in [0.4, 0.5) is 0 Å². The van der Waals surface area contributed by atoms with Crippen LogP contribution in [0.3, 0.4) is 0 Å². The minimum atomic E-state index is 0. The molecule has 0 aliphatic rings. The molecule has 2 rings (SSSR count). The zero-order valence-corrected chi connectivity index (χ0v) is 6.82. The molecule has 12 heavy (non-hydrogen) atoms. The molecule has 0 spiro atoms. The van der Waals surface area contributed by atoms with Crippen LogP contribution in [0.25, 0.3) is 11.3 Å². The van der Waals surface area contributed by atoms with Crippen molar-refractivity contribution in [2.45, 2.75) is 6.92 Å². The Balaban J connectivity index is 0. The zero-order chi connectivity index (χ0) is 8.39. The van der Waals surface area contributed by atoms with Gasteiger partial charge in [-0.25, -0.2) is 4.98 Å². The highest BCUT2D eigenvalue weighted by molar-refractivity contribution is 5.56. The van der Waals surface area contributed by atoms with Crippen molar-refractivity contribution in [2.75, 3.05) is 0 Å². The smallest absolute Gasteiger partial charge is 0.181 e. The van der Waals surface area contributed by atoms with Crippen LogP contribution in [0.2, 0.25) is 0 Å². The predicted octanol–water partition coefficient (Wildman–Crippen LogP) is 3.39. The summed E-state index contributed by atoms with van der Waals surface area (Å²) >= 11 is 0. The van der Waals surface area contributed by atoms with Crippen molar-refractivity contribution >= 4 is 0 Å². The van der Waals surface area contributed by atoms with Gasteiger partial charge in [0.25, 0.3) is 0 Å². The number of oxazole rings is 1. The Hall–Kier alpha value is -1.57. The maximum atomic E-state index is 5.15. The maximum absolute atomic E-state index is 5.15. The quantitative estimate of drug-likeness (QED) is 0.647. The second kappa shape index (κ2) is 2.81. The summed E-state index contributed by atoms with van der Waals surface area (Å²) in [5, 5.41) is 0. The second-order valence-electron chi connectivity index (χ2n) is 2.73. The van der Waals surface area contributed by atoms with Crippen LogP contribution in [-0.4, -0.2) is 4.98 Å². The van der Waals surface area contributed by atoms with Crippen LogP contribution in [0.15, 0.2) is 41.3 Å². The van der Waals surface area contributed by atoms with Gasteiger partial charge in [-0.3, -0.25) is 0 Å². The highest BCUT2D eigenvalue weighted by Crippen LogP contribution is 2.18. The molecule has 66 valence electrons. The number of aromatic nitrogens is 1. The molecule has 0 atom stereocenters. The van der Waals surface area contributed by atoms with Gasteiger partial charge in [0, 0.05) is 9.84 Å². The molecule has 0 aliphatic carbocycles. The topological polar surface area (TPSA) is 26.0 Å². The Labute approximate surface area is 75.3 Å². The van der Waals surface area contributed by atoms with E-state index in [2.05, 4.69) is 24.0 Å². The van der Waals surface area contributed by atoms with Crippen molar-refractivity contribution in [1.82, 2.24) is 4.98 Å². The Kier molecular flexibility index (Phi) is 1.67. The second-order valence-corrected chi connectivity index (χ2v) is 2.73. The minimum absolute atomic E-state index is 0. The van der Waals surface area contributed by atoms with Gasteiger partial charge in [-0.2, -0.15) is 0 Å². The summed E-state index contributed by atoms with van der Waals surface area (Å²) in [6, 6.07) is 8.15. The van der Waals surface area contributed by atoms with E-state index >= 15 is 0 Å². The minimum Gasteiger partial charge on any atom is -0.444 e. The molecule has 0 unspecified atom stereocenters. The van der Waals surface area contributed by atoms with Gasteiger partial charge in [0.1, 0.15) is 0 Å². The van der Waals surface area contributed by atoms with Crippen LogP contribution in [-0.2, 0) is 0 Å². The highest BCUT2D eigenvalue weighted by Gasteiger charge is 1.98. The lowest BCUT2D eigenvalue weighted by molar-refractivity contribution is 0.572. The van der Waals surface area contributed by atoms with Gasteiger partial charge < -0.3 is 4.42 Å². The monoisotopic (exact) mass is 165 g/mol. The normalized spacial score (nSPS) is 10.1. The van der Waals surface area contributed by atoms with Gasteiger partial charge in [-0.05, 0) is 6.92 Å². The number of nitrogens with zero attached hydrogens (tertiary/aromatic N) is 1. The lowest BCUT2D eigenvalue weighted by atomic mass is 10.1. The van der Waals surface area contributed by atoms with E-state index in [9.17, 15) is 0 Å².